The minimum Gasteiger partial charge on any atom is -0.398 e. The third-order valence-corrected chi connectivity index (χ3v) is 2.46. The van der Waals surface area contributed by atoms with Gasteiger partial charge in [0.15, 0.2) is 0 Å². The van der Waals surface area contributed by atoms with Crippen LogP contribution in [0.4, 0.5) is 5.69 Å². The van der Waals surface area contributed by atoms with Crippen LogP contribution in [0.5, 0.6) is 0 Å². The predicted octanol–water partition coefficient (Wildman–Crippen LogP) is 2.34. The lowest BCUT2D eigenvalue weighted by Crippen LogP contribution is -2.01. The van der Waals surface area contributed by atoms with Crippen LogP contribution >= 0.6 is 0 Å². The van der Waals surface area contributed by atoms with Gasteiger partial charge in [-0.05, 0) is 30.5 Å². The predicted molar refractivity (Wildman–Crippen MR) is 68.0 cm³/mol. The van der Waals surface area contributed by atoms with Crippen LogP contribution in [0.15, 0.2) is 18.2 Å². The van der Waals surface area contributed by atoms with Gasteiger partial charge in [0, 0.05) is 11.3 Å². The Balaban J connectivity index is 2.86. The topological polar surface area (TPSA) is 46.2 Å². The number of nitrogen functional groups attached to an aromatic ring is 1. The molecule has 2 heteroatoms. The molecule has 1 aromatic rings. The highest BCUT2D eigenvalue weighted by Gasteiger charge is 1.99. The first-order chi connectivity index (χ1) is 7.67. The largest absolute Gasteiger partial charge is 0.398 e. The van der Waals surface area contributed by atoms with Gasteiger partial charge in [0.2, 0.25) is 0 Å². The first-order valence-corrected chi connectivity index (χ1v) is 5.75. The Morgan fingerprint density at radius 2 is 2.12 bits per heavy atom. The van der Waals surface area contributed by atoms with E-state index in [0.29, 0.717) is 12.1 Å². The number of aliphatic hydroxyl groups is 1. The van der Waals surface area contributed by atoms with Gasteiger partial charge in [-0.3, -0.25) is 0 Å². The van der Waals surface area contributed by atoms with Gasteiger partial charge < -0.3 is 10.8 Å². The average molecular weight is 217 g/mol. The molecule has 0 amide bonds. The van der Waals surface area contributed by atoms with Crippen LogP contribution in [0.2, 0.25) is 0 Å². The molecule has 0 aliphatic carbocycles. The lowest BCUT2D eigenvalue weighted by atomic mass is 10.1. The Morgan fingerprint density at radius 1 is 1.38 bits per heavy atom. The lowest BCUT2D eigenvalue weighted by Gasteiger charge is -2.02. The number of aliphatic hydroxyl groups excluding tert-OH is 1. The van der Waals surface area contributed by atoms with Crippen molar-refractivity contribution in [1.82, 2.24) is 0 Å². The van der Waals surface area contributed by atoms with Crippen molar-refractivity contribution >= 4 is 5.69 Å². The molecule has 0 saturated carbocycles. The van der Waals surface area contributed by atoms with Crippen molar-refractivity contribution in [2.45, 2.75) is 39.2 Å². The lowest BCUT2D eigenvalue weighted by molar-refractivity contribution is 0.221. The maximum atomic E-state index is 9.51. The van der Waals surface area contributed by atoms with Crippen LogP contribution in [-0.2, 0) is 6.42 Å². The molecule has 0 aromatic heterocycles. The summed E-state index contributed by atoms with van der Waals surface area (Å²) in [7, 11) is 0. The van der Waals surface area contributed by atoms with E-state index >= 15 is 0 Å². The molecule has 0 bridgehead atoms. The standard InChI is InChI=1S/C14H19NO/c1-3-5-13(16)8-7-12-10-11(4-2)6-9-14(12)15/h6,9-10,13,16H,3-5,15H2,1-2H3. The Kier molecular flexibility index (Phi) is 4.88. The quantitative estimate of drug-likeness (QED) is 0.603. The molecular weight excluding hydrogens is 198 g/mol. The molecule has 86 valence electrons. The molecule has 1 aromatic carbocycles. The van der Waals surface area contributed by atoms with Crippen LogP contribution in [-0.4, -0.2) is 11.2 Å². The molecule has 1 rings (SSSR count). The maximum absolute atomic E-state index is 9.51. The van der Waals surface area contributed by atoms with Crippen molar-refractivity contribution < 1.29 is 5.11 Å². The smallest absolute Gasteiger partial charge is 0.115 e. The van der Waals surface area contributed by atoms with Crippen molar-refractivity contribution in [2.75, 3.05) is 5.73 Å². The number of anilines is 1. The second-order valence-electron chi connectivity index (χ2n) is 3.85. The van der Waals surface area contributed by atoms with E-state index in [0.717, 1.165) is 18.4 Å². The minimum atomic E-state index is -0.547. The summed E-state index contributed by atoms with van der Waals surface area (Å²) >= 11 is 0. The molecular formula is C14H19NO. The second-order valence-corrected chi connectivity index (χ2v) is 3.85. The van der Waals surface area contributed by atoms with Gasteiger partial charge >= 0.3 is 0 Å². The van der Waals surface area contributed by atoms with Gasteiger partial charge in [0.1, 0.15) is 6.10 Å². The Bertz CT molecular complexity index is 401. The third-order valence-electron chi connectivity index (χ3n) is 2.46. The summed E-state index contributed by atoms with van der Waals surface area (Å²) in [6.07, 6.45) is 2.06. The van der Waals surface area contributed by atoms with Gasteiger partial charge in [0.25, 0.3) is 0 Å². The summed E-state index contributed by atoms with van der Waals surface area (Å²) in [6.45, 7) is 4.12. The van der Waals surface area contributed by atoms with Crippen LogP contribution in [0.1, 0.15) is 37.8 Å². The zero-order valence-electron chi connectivity index (χ0n) is 9.96. The van der Waals surface area contributed by atoms with E-state index in [1.807, 2.05) is 25.1 Å². The van der Waals surface area contributed by atoms with Gasteiger partial charge in [-0.1, -0.05) is 38.2 Å². The molecule has 0 heterocycles. The van der Waals surface area contributed by atoms with E-state index in [-0.39, 0.29) is 0 Å². The summed E-state index contributed by atoms with van der Waals surface area (Å²) in [5.41, 5.74) is 8.52. The van der Waals surface area contributed by atoms with Gasteiger partial charge in [0.05, 0.1) is 0 Å². The maximum Gasteiger partial charge on any atom is 0.115 e. The molecule has 1 unspecified atom stereocenters. The monoisotopic (exact) mass is 217 g/mol. The normalized spacial score (nSPS) is 11.7. The summed E-state index contributed by atoms with van der Waals surface area (Å²) in [4.78, 5) is 0. The van der Waals surface area contributed by atoms with Crippen LogP contribution in [0, 0.1) is 11.8 Å². The van der Waals surface area contributed by atoms with E-state index < -0.39 is 6.10 Å². The van der Waals surface area contributed by atoms with Crippen LogP contribution < -0.4 is 5.73 Å². The molecule has 0 fully saturated rings. The molecule has 0 radical (unpaired) electrons. The first kappa shape index (κ1) is 12.6. The zero-order chi connectivity index (χ0) is 12.0. The van der Waals surface area contributed by atoms with Crippen molar-refractivity contribution in [3.63, 3.8) is 0 Å². The number of nitrogens with two attached hydrogens (primary N) is 1. The fraction of sp³-hybridized carbons (Fsp3) is 0.429. The van der Waals surface area contributed by atoms with E-state index in [1.165, 1.54) is 5.56 Å². The fourth-order valence-corrected chi connectivity index (χ4v) is 1.44. The summed E-state index contributed by atoms with van der Waals surface area (Å²) in [5.74, 6) is 5.76. The molecule has 0 spiro atoms. The summed E-state index contributed by atoms with van der Waals surface area (Å²) in [6, 6.07) is 5.86. The van der Waals surface area contributed by atoms with Crippen LogP contribution in [0.25, 0.3) is 0 Å². The third kappa shape index (κ3) is 3.60. The minimum absolute atomic E-state index is 0.547. The Hall–Kier alpha value is -1.46. The van der Waals surface area contributed by atoms with E-state index in [1.54, 1.807) is 0 Å². The number of hydrogen-bond donors (Lipinski definition) is 2. The molecule has 1 atom stereocenters. The van der Waals surface area contributed by atoms with Crippen molar-refractivity contribution in [2.24, 2.45) is 0 Å². The van der Waals surface area contributed by atoms with Crippen molar-refractivity contribution in [3.8, 4) is 11.8 Å². The highest BCUT2D eigenvalue weighted by atomic mass is 16.3. The second kappa shape index (κ2) is 6.19. The summed E-state index contributed by atoms with van der Waals surface area (Å²) in [5, 5.41) is 9.51. The number of hydrogen-bond acceptors (Lipinski definition) is 2. The molecule has 0 aliphatic heterocycles. The zero-order valence-corrected chi connectivity index (χ0v) is 9.96. The first-order valence-electron chi connectivity index (χ1n) is 5.75. The average Bonchev–Trinajstić information content (AvgIpc) is 2.28. The van der Waals surface area contributed by atoms with Gasteiger partial charge in [-0.25, -0.2) is 0 Å². The SMILES string of the molecule is CCCC(O)C#Cc1cc(CC)ccc1N. The highest BCUT2D eigenvalue weighted by molar-refractivity contribution is 5.57. The number of rotatable bonds is 3. The Morgan fingerprint density at radius 3 is 2.75 bits per heavy atom. The number of aryl methyl sites for hydroxylation is 1. The van der Waals surface area contributed by atoms with Crippen molar-refractivity contribution in [1.29, 1.82) is 0 Å². The van der Waals surface area contributed by atoms with Crippen LogP contribution in [0.3, 0.4) is 0 Å². The molecule has 2 nitrogen and oxygen atoms in total. The highest BCUT2D eigenvalue weighted by Crippen LogP contribution is 2.13. The molecule has 3 N–H and O–H groups in total. The number of benzene rings is 1. The summed E-state index contributed by atoms with van der Waals surface area (Å²) < 4.78 is 0. The van der Waals surface area contributed by atoms with Crippen molar-refractivity contribution in [3.05, 3.63) is 29.3 Å². The van der Waals surface area contributed by atoms with Gasteiger partial charge in [-0.15, -0.1) is 0 Å². The molecule has 0 saturated heterocycles. The molecule has 0 aliphatic rings. The Labute approximate surface area is 97.5 Å². The van der Waals surface area contributed by atoms with E-state index in [4.69, 9.17) is 5.73 Å². The molecule has 16 heavy (non-hydrogen) atoms. The van der Waals surface area contributed by atoms with Gasteiger partial charge in [-0.2, -0.15) is 0 Å². The fourth-order valence-electron chi connectivity index (χ4n) is 1.44. The van der Waals surface area contributed by atoms with E-state index in [2.05, 4.69) is 18.8 Å². The van der Waals surface area contributed by atoms with E-state index in [9.17, 15) is 5.11 Å².